The summed E-state index contributed by atoms with van der Waals surface area (Å²) in [5, 5.41) is 3.38. The van der Waals surface area contributed by atoms with Gasteiger partial charge in [-0.2, -0.15) is 0 Å². The van der Waals surface area contributed by atoms with Gasteiger partial charge in [-0.3, -0.25) is 4.90 Å². The summed E-state index contributed by atoms with van der Waals surface area (Å²) in [7, 11) is 0. The Labute approximate surface area is 127 Å². The van der Waals surface area contributed by atoms with Gasteiger partial charge in [0.25, 0.3) is 0 Å². The van der Waals surface area contributed by atoms with E-state index in [0.29, 0.717) is 0 Å². The van der Waals surface area contributed by atoms with Crippen molar-refractivity contribution in [3.05, 3.63) is 33.1 Å². The number of rotatable bonds is 4. The molecule has 1 N–H and O–H groups in total. The third-order valence-corrected chi connectivity index (χ3v) is 4.83. The molecule has 104 valence electrons. The first-order valence-corrected chi connectivity index (χ1v) is 8.21. The standard InChI is InChI=1S/C15H20FIN2/c16-14-4-3-12(17)10-13(14)15(9-11-1-2-11)19-7-5-18-6-8-19/h3-4,10-11,15,18H,1-2,5-9H2/t15-/m1/s1. The molecule has 0 radical (unpaired) electrons. The van der Waals surface area contributed by atoms with Gasteiger partial charge in [0.15, 0.2) is 0 Å². The Bertz CT molecular complexity index is 442. The van der Waals surface area contributed by atoms with Crippen LogP contribution in [0.4, 0.5) is 4.39 Å². The van der Waals surface area contributed by atoms with Crippen LogP contribution in [0.5, 0.6) is 0 Å². The Morgan fingerprint density at radius 1 is 1.32 bits per heavy atom. The van der Waals surface area contributed by atoms with E-state index in [1.54, 1.807) is 6.07 Å². The molecule has 0 unspecified atom stereocenters. The minimum absolute atomic E-state index is 0.0374. The summed E-state index contributed by atoms with van der Waals surface area (Å²) in [5.41, 5.74) is 0.903. The van der Waals surface area contributed by atoms with E-state index in [-0.39, 0.29) is 11.9 Å². The van der Waals surface area contributed by atoms with Crippen molar-refractivity contribution in [2.24, 2.45) is 5.92 Å². The molecule has 1 saturated carbocycles. The lowest BCUT2D eigenvalue weighted by Crippen LogP contribution is -2.45. The van der Waals surface area contributed by atoms with Crippen molar-refractivity contribution in [1.29, 1.82) is 0 Å². The predicted octanol–water partition coefficient (Wildman–Crippen LogP) is 3.18. The van der Waals surface area contributed by atoms with Crippen LogP contribution in [0.15, 0.2) is 18.2 Å². The molecule has 1 atom stereocenters. The average Bonchev–Trinajstić information content (AvgIpc) is 3.24. The Balaban J connectivity index is 1.85. The van der Waals surface area contributed by atoms with Gasteiger partial charge in [-0.15, -0.1) is 0 Å². The summed E-state index contributed by atoms with van der Waals surface area (Å²) in [6.45, 7) is 4.10. The summed E-state index contributed by atoms with van der Waals surface area (Å²) in [5.74, 6) is 0.779. The average molecular weight is 374 g/mol. The van der Waals surface area contributed by atoms with E-state index >= 15 is 0 Å². The fourth-order valence-corrected chi connectivity index (χ4v) is 3.42. The molecule has 0 amide bonds. The van der Waals surface area contributed by atoms with Gasteiger partial charge in [-0.25, -0.2) is 4.39 Å². The van der Waals surface area contributed by atoms with Gasteiger partial charge in [0.05, 0.1) is 0 Å². The number of piperazine rings is 1. The molecule has 1 aliphatic carbocycles. The lowest BCUT2D eigenvalue weighted by atomic mass is 9.98. The molecule has 0 aromatic heterocycles. The largest absolute Gasteiger partial charge is 0.314 e. The third-order valence-electron chi connectivity index (χ3n) is 4.16. The number of nitrogens with one attached hydrogen (secondary N) is 1. The van der Waals surface area contributed by atoms with E-state index in [9.17, 15) is 4.39 Å². The van der Waals surface area contributed by atoms with Crippen LogP contribution < -0.4 is 5.32 Å². The van der Waals surface area contributed by atoms with Crippen LogP contribution in [0.2, 0.25) is 0 Å². The number of hydrogen-bond acceptors (Lipinski definition) is 2. The maximum absolute atomic E-state index is 14.2. The maximum atomic E-state index is 14.2. The van der Waals surface area contributed by atoms with E-state index in [4.69, 9.17) is 0 Å². The predicted molar refractivity (Wildman–Crippen MR) is 83.6 cm³/mol. The zero-order valence-corrected chi connectivity index (χ0v) is 13.2. The minimum atomic E-state index is -0.0374. The molecule has 4 heteroatoms. The fraction of sp³-hybridized carbons (Fsp3) is 0.600. The zero-order chi connectivity index (χ0) is 13.2. The van der Waals surface area contributed by atoms with Crippen LogP contribution in [-0.2, 0) is 0 Å². The molecule has 3 rings (SSSR count). The summed E-state index contributed by atoms with van der Waals surface area (Å²) >= 11 is 2.28. The minimum Gasteiger partial charge on any atom is -0.314 e. The van der Waals surface area contributed by atoms with Gasteiger partial charge in [-0.1, -0.05) is 12.8 Å². The van der Waals surface area contributed by atoms with Crippen LogP contribution >= 0.6 is 22.6 Å². The van der Waals surface area contributed by atoms with E-state index in [1.165, 1.54) is 12.8 Å². The van der Waals surface area contributed by atoms with Crippen LogP contribution in [0.1, 0.15) is 30.9 Å². The Hall–Kier alpha value is -0.200. The number of benzene rings is 1. The molecular weight excluding hydrogens is 354 g/mol. The quantitative estimate of drug-likeness (QED) is 0.815. The van der Waals surface area contributed by atoms with Crippen molar-refractivity contribution in [2.45, 2.75) is 25.3 Å². The topological polar surface area (TPSA) is 15.3 Å². The van der Waals surface area contributed by atoms with E-state index in [0.717, 1.165) is 47.7 Å². The van der Waals surface area contributed by atoms with Crippen molar-refractivity contribution in [2.75, 3.05) is 26.2 Å². The van der Waals surface area contributed by atoms with Crippen molar-refractivity contribution in [3.8, 4) is 0 Å². The van der Waals surface area contributed by atoms with Crippen LogP contribution in [0.25, 0.3) is 0 Å². The van der Waals surface area contributed by atoms with E-state index < -0.39 is 0 Å². The lowest BCUT2D eigenvalue weighted by molar-refractivity contribution is 0.157. The van der Waals surface area contributed by atoms with Crippen molar-refractivity contribution in [1.82, 2.24) is 10.2 Å². The third kappa shape index (κ3) is 3.47. The first-order valence-electron chi connectivity index (χ1n) is 7.14. The molecule has 1 saturated heterocycles. The van der Waals surface area contributed by atoms with Crippen molar-refractivity contribution in [3.63, 3.8) is 0 Å². The highest BCUT2D eigenvalue weighted by Crippen LogP contribution is 2.41. The van der Waals surface area contributed by atoms with Crippen molar-refractivity contribution < 1.29 is 4.39 Å². The number of hydrogen-bond donors (Lipinski definition) is 1. The molecule has 2 aliphatic rings. The first-order chi connectivity index (χ1) is 9.24. The zero-order valence-electron chi connectivity index (χ0n) is 11.0. The second-order valence-corrected chi connectivity index (χ2v) is 6.89. The maximum Gasteiger partial charge on any atom is 0.128 e. The highest BCUT2D eigenvalue weighted by molar-refractivity contribution is 14.1. The smallest absolute Gasteiger partial charge is 0.128 e. The molecule has 2 fully saturated rings. The monoisotopic (exact) mass is 374 g/mol. The van der Waals surface area contributed by atoms with E-state index in [1.807, 2.05) is 12.1 Å². The lowest BCUT2D eigenvalue weighted by Gasteiger charge is -2.35. The molecule has 0 spiro atoms. The van der Waals surface area contributed by atoms with Gasteiger partial charge >= 0.3 is 0 Å². The molecule has 1 aromatic rings. The Kier molecular flexibility index (Phi) is 4.39. The second-order valence-electron chi connectivity index (χ2n) is 5.65. The van der Waals surface area contributed by atoms with Crippen LogP contribution in [0, 0.1) is 15.3 Å². The Morgan fingerprint density at radius 3 is 2.74 bits per heavy atom. The number of nitrogens with zero attached hydrogens (tertiary/aromatic N) is 1. The summed E-state index contributed by atoms with van der Waals surface area (Å²) in [6, 6.07) is 5.78. The van der Waals surface area contributed by atoms with Crippen molar-refractivity contribution >= 4 is 22.6 Å². The van der Waals surface area contributed by atoms with E-state index in [2.05, 4.69) is 32.8 Å². The highest BCUT2D eigenvalue weighted by Gasteiger charge is 2.31. The van der Waals surface area contributed by atoms with Gasteiger partial charge in [-0.05, 0) is 53.1 Å². The summed E-state index contributed by atoms with van der Waals surface area (Å²) < 4.78 is 15.3. The molecular formula is C15H20FIN2. The first kappa shape index (κ1) is 13.8. The van der Waals surface area contributed by atoms with Gasteiger partial charge in [0, 0.05) is 41.4 Å². The summed E-state index contributed by atoms with van der Waals surface area (Å²) in [4.78, 5) is 2.46. The van der Waals surface area contributed by atoms with Crippen LogP contribution in [-0.4, -0.2) is 31.1 Å². The SMILES string of the molecule is Fc1ccc(I)cc1[C@@H](CC1CC1)N1CCNCC1. The Morgan fingerprint density at radius 2 is 2.05 bits per heavy atom. The molecule has 1 aliphatic heterocycles. The molecule has 2 nitrogen and oxygen atoms in total. The highest BCUT2D eigenvalue weighted by atomic mass is 127. The van der Waals surface area contributed by atoms with Gasteiger partial charge in [0.1, 0.15) is 5.82 Å². The normalized spacial score (nSPS) is 22.4. The molecule has 0 bridgehead atoms. The molecule has 1 heterocycles. The van der Waals surface area contributed by atoms with Gasteiger partial charge < -0.3 is 5.32 Å². The molecule has 19 heavy (non-hydrogen) atoms. The fourth-order valence-electron chi connectivity index (χ4n) is 2.91. The number of halogens is 2. The van der Waals surface area contributed by atoms with Crippen LogP contribution in [0.3, 0.4) is 0 Å². The second kappa shape index (κ2) is 6.06. The molecule has 1 aromatic carbocycles. The summed E-state index contributed by atoms with van der Waals surface area (Å²) in [6.07, 6.45) is 3.78. The van der Waals surface area contributed by atoms with Gasteiger partial charge in [0.2, 0.25) is 0 Å².